The van der Waals surface area contributed by atoms with Crippen LogP contribution in [0.4, 0.5) is 0 Å². The Bertz CT molecular complexity index is 865. The van der Waals surface area contributed by atoms with Crippen LogP contribution < -0.4 is 15.4 Å². The van der Waals surface area contributed by atoms with Crippen LogP contribution in [-0.4, -0.2) is 55.3 Å². The number of hydrogen-bond acceptors (Lipinski definition) is 6. The van der Waals surface area contributed by atoms with Crippen molar-refractivity contribution in [3.05, 3.63) is 29.2 Å². The Labute approximate surface area is 180 Å². The summed E-state index contributed by atoms with van der Waals surface area (Å²) in [7, 11) is -1.74. The Morgan fingerprint density at radius 3 is 2.96 bits per heavy atom. The van der Waals surface area contributed by atoms with Gasteiger partial charge < -0.3 is 10.6 Å². The van der Waals surface area contributed by atoms with Crippen molar-refractivity contribution in [2.45, 2.75) is 36.6 Å². The Balaban J connectivity index is 0.00000261. The van der Waals surface area contributed by atoms with Gasteiger partial charge in [-0.1, -0.05) is 6.07 Å². The summed E-state index contributed by atoms with van der Waals surface area (Å²) in [4.78, 5) is 8.60. The largest absolute Gasteiger partial charge is 0.355 e. The molecule has 3 N–H and O–H groups in total. The van der Waals surface area contributed by atoms with Crippen LogP contribution in [0.25, 0.3) is 0 Å². The molecule has 12 heteroatoms. The Morgan fingerprint density at radius 2 is 2.26 bits per heavy atom. The molecule has 9 nitrogen and oxygen atoms in total. The van der Waals surface area contributed by atoms with Crippen LogP contribution in [0.3, 0.4) is 0 Å². The molecule has 0 saturated carbocycles. The molecule has 3 heterocycles. The van der Waals surface area contributed by atoms with E-state index in [2.05, 4.69) is 30.4 Å². The molecule has 0 aliphatic carbocycles. The minimum Gasteiger partial charge on any atom is -0.355 e. The number of aromatic nitrogens is 3. The fraction of sp³-hybridized carbons (Fsp3) is 0.533. The van der Waals surface area contributed by atoms with Crippen molar-refractivity contribution >= 4 is 51.3 Å². The van der Waals surface area contributed by atoms with Gasteiger partial charge in [0.1, 0.15) is 15.9 Å². The monoisotopic (exact) mass is 525 g/mol. The third-order valence-electron chi connectivity index (χ3n) is 4.00. The van der Waals surface area contributed by atoms with Crippen LogP contribution in [0.2, 0.25) is 0 Å². The topological polar surface area (TPSA) is 113 Å². The second-order valence-corrected chi connectivity index (χ2v) is 8.91. The standard InChI is InChI=1S/C15H23N7O2S2.HI/c1-11-19-13-6-5-12(10-22(13)21-11)20-15(16-2)17-7-8-18-26(23,24)14-4-3-9-25-14;/h3-4,9,12,18H,5-8,10H2,1-2H3,(H2,16,17,20);1H. The van der Waals surface area contributed by atoms with E-state index in [-0.39, 0.29) is 36.6 Å². The number of rotatable bonds is 6. The van der Waals surface area contributed by atoms with Crippen LogP contribution >= 0.6 is 35.3 Å². The van der Waals surface area contributed by atoms with Crippen LogP contribution in [-0.2, 0) is 23.0 Å². The third kappa shape index (κ3) is 5.86. The molecule has 0 spiro atoms. The van der Waals surface area contributed by atoms with Crippen LogP contribution in [0, 0.1) is 6.92 Å². The van der Waals surface area contributed by atoms with Crippen molar-refractivity contribution in [3.63, 3.8) is 0 Å². The highest BCUT2D eigenvalue weighted by Crippen LogP contribution is 2.15. The molecule has 1 atom stereocenters. The lowest BCUT2D eigenvalue weighted by Crippen LogP contribution is -2.48. The SMILES string of the molecule is CN=C(NCCNS(=O)(=O)c1cccs1)NC1CCc2nc(C)nn2C1.I. The normalized spacial score (nSPS) is 17.1. The number of halogens is 1. The van der Waals surface area contributed by atoms with E-state index >= 15 is 0 Å². The molecule has 1 unspecified atom stereocenters. The van der Waals surface area contributed by atoms with Crippen molar-refractivity contribution in [2.24, 2.45) is 4.99 Å². The predicted molar refractivity (Wildman–Crippen MR) is 116 cm³/mol. The maximum absolute atomic E-state index is 12.1. The lowest BCUT2D eigenvalue weighted by atomic mass is 10.1. The maximum atomic E-state index is 12.1. The summed E-state index contributed by atoms with van der Waals surface area (Å²) in [5.41, 5.74) is 0. The first-order valence-electron chi connectivity index (χ1n) is 8.38. The van der Waals surface area contributed by atoms with Gasteiger partial charge in [-0.2, -0.15) is 5.10 Å². The molecule has 27 heavy (non-hydrogen) atoms. The van der Waals surface area contributed by atoms with Crippen molar-refractivity contribution < 1.29 is 8.42 Å². The summed E-state index contributed by atoms with van der Waals surface area (Å²) >= 11 is 1.20. The molecule has 0 saturated heterocycles. The first kappa shape index (κ1) is 22.0. The predicted octanol–water partition coefficient (Wildman–Crippen LogP) is 0.724. The number of fused-ring (bicyclic) bond motifs is 1. The van der Waals surface area contributed by atoms with Gasteiger partial charge in [0, 0.05) is 32.6 Å². The zero-order chi connectivity index (χ0) is 18.6. The number of hydrogen-bond donors (Lipinski definition) is 3. The molecule has 0 aromatic carbocycles. The highest BCUT2D eigenvalue weighted by Gasteiger charge is 2.21. The number of aryl methyl sites for hydroxylation is 2. The van der Waals surface area contributed by atoms with E-state index in [1.165, 1.54) is 11.3 Å². The fourth-order valence-electron chi connectivity index (χ4n) is 2.79. The van der Waals surface area contributed by atoms with Crippen LogP contribution in [0.1, 0.15) is 18.1 Å². The van der Waals surface area contributed by atoms with Crippen molar-refractivity contribution in [1.82, 2.24) is 30.1 Å². The molecule has 0 amide bonds. The number of thiophene rings is 1. The minimum absolute atomic E-state index is 0. The van der Waals surface area contributed by atoms with Crippen molar-refractivity contribution in [3.8, 4) is 0 Å². The first-order chi connectivity index (χ1) is 12.5. The molecule has 2 aromatic rings. The number of aliphatic imine (C=N–C) groups is 1. The number of sulfonamides is 1. The van der Waals surface area contributed by atoms with E-state index in [4.69, 9.17) is 0 Å². The second-order valence-electron chi connectivity index (χ2n) is 5.97. The smallest absolute Gasteiger partial charge is 0.250 e. The van der Waals surface area contributed by atoms with Gasteiger partial charge in [0.25, 0.3) is 0 Å². The quantitative estimate of drug-likeness (QED) is 0.222. The van der Waals surface area contributed by atoms with Gasteiger partial charge in [0.15, 0.2) is 5.96 Å². The minimum atomic E-state index is -3.43. The average Bonchev–Trinajstić information content (AvgIpc) is 3.26. The fourth-order valence-corrected chi connectivity index (χ4v) is 4.86. The molecule has 0 radical (unpaired) electrons. The molecule has 0 bridgehead atoms. The number of guanidine groups is 1. The molecule has 1 aliphatic rings. The first-order valence-corrected chi connectivity index (χ1v) is 10.7. The molecule has 0 fully saturated rings. The van der Waals surface area contributed by atoms with Crippen molar-refractivity contribution in [1.29, 1.82) is 0 Å². The summed E-state index contributed by atoms with van der Waals surface area (Å²) in [6.45, 7) is 3.34. The third-order valence-corrected chi connectivity index (χ3v) is 6.86. The summed E-state index contributed by atoms with van der Waals surface area (Å²) < 4.78 is 28.9. The molecule has 3 rings (SSSR count). The second kappa shape index (κ2) is 9.80. The highest BCUT2D eigenvalue weighted by atomic mass is 127. The average molecular weight is 525 g/mol. The summed E-state index contributed by atoms with van der Waals surface area (Å²) in [6, 6.07) is 3.51. The van der Waals surface area contributed by atoms with Gasteiger partial charge in [-0.15, -0.1) is 35.3 Å². The van der Waals surface area contributed by atoms with Crippen LogP contribution in [0.15, 0.2) is 26.7 Å². The van der Waals surface area contributed by atoms with Crippen LogP contribution in [0.5, 0.6) is 0 Å². The van der Waals surface area contributed by atoms with E-state index in [1.807, 2.05) is 11.6 Å². The number of nitrogens with one attached hydrogen (secondary N) is 3. The van der Waals surface area contributed by atoms with Gasteiger partial charge in [-0.25, -0.2) is 22.8 Å². The highest BCUT2D eigenvalue weighted by molar-refractivity contribution is 14.0. The molecule has 1 aliphatic heterocycles. The molecule has 150 valence electrons. The van der Waals surface area contributed by atoms with E-state index in [0.29, 0.717) is 16.7 Å². The van der Waals surface area contributed by atoms with Crippen molar-refractivity contribution in [2.75, 3.05) is 20.1 Å². The Kier molecular flexibility index (Phi) is 8.00. The summed E-state index contributed by atoms with van der Waals surface area (Å²) in [6.07, 6.45) is 1.82. The van der Waals surface area contributed by atoms with Gasteiger partial charge in [0.05, 0.1) is 6.54 Å². The molecular formula is C15H24IN7O2S2. The lowest BCUT2D eigenvalue weighted by molar-refractivity contribution is 0.392. The molecule has 2 aromatic heterocycles. The van der Waals surface area contributed by atoms with Gasteiger partial charge >= 0.3 is 0 Å². The maximum Gasteiger partial charge on any atom is 0.250 e. The summed E-state index contributed by atoms with van der Waals surface area (Å²) in [5.74, 6) is 2.46. The summed E-state index contributed by atoms with van der Waals surface area (Å²) in [5, 5.41) is 12.6. The number of nitrogens with zero attached hydrogens (tertiary/aromatic N) is 4. The zero-order valence-corrected chi connectivity index (χ0v) is 19.1. The van der Waals surface area contributed by atoms with E-state index < -0.39 is 10.0 Å². The Morgan fingerprint density at radius 1 is 1.44 bits per heavy atom. The van der Waals surface area contributed by atoms with Gasteiger partial charge in [-0.3, -0.25) is 4.99 Å². The van der Waals surface area contributed by atoms with Gasteiger partial charge in [-0.05, 0) is 24.8 Å². The van der Waals surface area contributed by atoms with E-state index in [0.717, 1.165) is 31.0 Å². The zero-order valence-electron chi connectivity index (χ0n) is 15.2. The molecular weight excluding hydrogens is 501 g/mol. The van der Waals surface area contributed by atoms with E-state index in [1.54, 1.807) is 24.6 Å². The lowest BCUT2D eigenvalue weighted by Gasteiger charge is -2.25. The Hall–Kier alpha value is -1.25. The van der Waals surface area contributed by atoms with Gasteiger partial charge in [0.2, 0.25) is 10.0 Å². The van der Waals surface area contributed by atoms with E-state index in [9.17, 15) is 8.42 Å².